The summed E-state index contributed by atoms with van der Waals surface area (Å²) < 4.78 is 50.8. The van der Waals surface area contributed by atoms with Gasteiger partial charge in [-0.05, 0) is 85.7 Å². The molecule has 1 unspecified atom stereocenters. The van der Waals surface area contributed by atoms with Crippen LogP contribution in [-0.2, 0) is 22.2 Å². The number of carbonyl (C=O) groups is 2. The fourth-order valence-electron chi connectivity index (χ4n) is 4.38. The van der Waals surface area contributed by atoms with Gasteiger partial charge < -0.3 is 19.7 Å². The maximum absolute atomic E-state index is 13.6. The van der Waals surface area contributed by atoms with E-state index in [4.69, 9.17) is 21.7 Å². The lowest BCUT2D eigenvalue weighted by Gasteiger charge is -2.24. The highest BCUT2D eigenvalue weighted by Crippen LogP contribution is 2.34. The number of hydrogen-bond acceptors (Lipinski definition) is 5. The zero-order chi connectivity index (χ0) is 28.9. The Bertz CT molecular complexity index is 1360. The van der Waals surface area contributed by atoms with Crippen LogP contribution in [0, 0.1) is 0 Å². The third-order valence-electron chi connectivity index (χ3n) is 6.38. The van der Waals surface area contributed by atoms with Gasteiger partial charge in [-0.25, -0.2) is 0 Å². The lowest BCUT2D eigenvalue weighted by atomic mass is 10.1. The van der Waals surface area contributed by atoms with Crippen molar-refractivity contribution in [3.63, 3.8) is 0 Å². The molecule has 0 spiro atoms. The monoisotopic (exact) mass is 571 g/mol. The molecular formula is C29H28F3N3O4S. The largest absolute Gasteiger partial charge is 0.497 e. The number of carbonyl (C=O) groups excluding carboxylic acids is 2. The Morgan fingerprint density at radius 2 is 1.70 bits per heavy atom. The predicted octanol–water partition coefficient (Wildman–Crippen LogP) is 5.69. The summed E-state index contributed by atoms with van der Waals surface area (Å²) in [5, 5.41) is 2.80. The number of ether oxygens (including phenoxy) is 2. The molecule has 210 valence electrons. The van der Waals surface area contributed by atoms with Crippen molar-refractivity contribution in [1.29, 1.82) is 0 Å². The molecule has 0 bridgehead atoms. The molecule has 11 heteroatoms. The maximum Gasteiger partial charge on any atom is 0.416 e. The standard InChI is InChI=1S/C29H28F3N3O4S/c1-3-39-24-13-9-21(10-14-24)33-26(36)18-25-27(37)35(22-6-4-5-20(17-22)29(30,31)32)28(40)34(25)16-15-19-7-11-23(38-2)12-8-19/h4-14,17,25H,3,15-16,18H2,1-2H3,(H,33,36). The highest BCUT2D eigenvalue weighted by molar-refractivity contribution is 7.80. The summed E-state index contributed by atoms with van der Waals surface area (Å²) in [7, 11) is 1.56. The van der Waals surface area contributed by atoms with E-state index in [1.807, 2.05) is 19.1 Å². The van der Waals surface area contributed by atoms with E-state index in [9.17, 15) is 22.8 Å². The van der Waals surface area contributed by atoms with Crippen LogP contribution in [0.5, 0.6) is 11.5 Å². The molecule has 0 aromatic heterocycles. The minimum absolute atomic E-state index is 0.00584. The van der Waals surface area contributed by atoms with Gasteiger partial charge in [0, 0.05) is 12.2 Å². The van der Waals surface area contributed by atoms with E-state index in [2.05, 4.69) is 5.32 Å². The molecule has 1 N–H and O–H groups in total. The van der Waals surface area contributed by atoms with E-state index in [1.54, 1.807) is 48.4 Å². The highest BCUT2D eigenvalue weighted by Gasteiger charge is 2.44. The number of nitrogens with one attached hydrogen (secondary N) is 1. The van der Waals surface area contributed by atoms with Crippen molar-refractivity contribution in [2.75, 3.05) is 30.5 Å². The molecule has 1 fully saturated rings. The van der Waals surface area contributed by atoms with Crippen LogP contribution >= 0.6 is 12.2 Å². The fourth-order valence-corrected chi connectivity index (χ4v) is 4.79. The summed E-state index contributed by atoms with van der Waals surface area (Å²) in [5.41, 5.74) is 0.544. The molecule has 1 aliphatic heterocycles. The van der Waals surface area contributed by atoms with E-state index in [1.165, 1.54) is 12.1 Å². The minimum atomic E-state index is -4.59. The second-order valence-corrected chi connectivity index (χ2v) is 9.39. The predicted molar refractivity (Wildman–Crippen MR) is 150 cm³/mol. The molecule has 1 aliphatic rings. The number of hydrogen-bond donors (Lipinski definition) is 1. The number of amides is 2. The number of alkyl halides is 3. The van der Waals surface area contributed by atoms with Crippen molar-refractivity contribution in [3.8, 4) is 11.5 Å². The zero-order valence-corrected chi connectivity index (χ0v) is 22.7. The number of anilines is 2. The van der Waals surface area contributed by atoms with Gasteiger partial charge in [-0.1, -0.05) is 18.2 Å². The molecule has 40 heavy (non-hydrogen) atoms. The van der Waals surface area contributed by atoms with Gasteiger partial charge in [0.1, 0.15) is 17.5 Å². The highest BCUT2D eigenvalue weighted by atomic mass is 32.1. The lowest BCUT2D eigenvalue weighted by molar-refractivity contribution is -0.137. The van der Waals surface area contributed by atoms with Crippen LogP contribution in [0.3, 0.4) is 0 Å². The van der Waals surface area contributed by atoms with Crippen LogP contribution < -0.4 is 19.7 Å². The van der Waals surface area contributed by atoms with Gasteiger partial charge in [-0.2, -0.15) is 13.2 Å². The molecule has 7 nitrogen and oxygen atoms in total. The minimum Gasteiger partial charge on any atom is -0.497 e. The number of benzene rings is 3. The lowest BCUT2D eigenvalue weighted by Crippen LogP contribution is -2.39. The number of nitrogens with zero attached hydrogens (tertiary/aromatic N) is 2. The molecule has 1 heterocycles. The van der Waals surface area contributed by atoms with Crippen molar-refractivity contribution < 1.29 is 32.2 Å². The maximum atomic E-state index is 13.6. The third-order valence-corrected chi connectivity index (χ3v) is 6.80. The van der Waals surface area contributed by atoms with Crippen molar-refractivity contribution in [2.24, 2.45) is 0 Å². The second kappa shape index (κ2) is 12.4. The van der Waals surface area contributed by atoms with Crippen LogP contribution in [-0.4, -0.2) is 48.1 Å². The summed E-state index contributed by atoms with van der Waals surface area (Å²) in [6.45, 7) is 2.64. The van der Waals surface area contributed by atoms with Crippen LogP contribution in [0.1, 0.15) is 24.5 Å². The molecule has 1 atom stereocenters. The first kappa shape index (κ1) is 28.9. The zero-order valence-electron chi connectivity index (χ0n) is 21.9. The van der Waals surface area contributed by atoms with Crippen LogP contribution in [0.4, 0.5) is 24.5 Å². The van der Waals surface area contributed by atoms with Gasteiger partial charge in [0.05, 0.1) is 31.4 Å². The van der Waals surface area contributed by atoms with Gasteiger partial charge in [0.25, 0.3) is 5.91 Å². The van der Waals surface area contributed by atoms with E-state index >= 15 is 0 Å². The topological polar surface area (TPSA) is 71.1 Å². The molecule has 1 saturated heterocycles. The van der Waals surface area contributed by atoms with E-state index in [0.29, 0.717) is 30.2 Å². The number of methoxy groups -OCH3 is 1. The first-order valence-electron chi connectivity index (χ1n) is 12.6. The van der Waals surface area contributed by atoms with E-state index < -0.39 is 29.6 Å². The van der Waals surface area contributed by atoms with Gasteiger partial charge in [0.15, 0.2) is 5.11 Å². The Labute approximate surface area is 235 Å². The van der Waals surface area contributed by atoms with Gasteiger partial charge >= 0.3 is 6.18 Å². The Kier molecular flexibility index (Phi) is 8.93. The molecular weight excluding hydrogens is 543 g/mol. The third kappa shape index (κ3) is 6.71. The Balaban J connectivity index is 1.56. The quantitative estimate of drug-likeness (QED) is 0.316. The van der Waals surface area contributed by atoms with Gasteiger partial charge in [0.2, 0.25) is 5.91 Å². The van der Waals surface area contributed by atoms with E-state index in [0.717, 1.165) is 22.6 Å². The molecule has 2 amide bonds. The molecule has 0 radical (unpaired) electrons. The van der Waals surface area contributed by atoms with Gasteiger partial charge in [-0.3, -0.25) is 14.5 Å². The van der Waals surface area contributed by atoms with Crippen LogP contribution in [0.25, 0.3) is 0 Å². The molecule has 4 rings (SSSR count). The normalized spacial score (nSPS) is 15.4. The molecule has 3 aromatic carbocycles. The Morgan fingerprint density at radius 1 is 1.02 bits per heavy atom. The van der Waals surface area contributed by atoms with E-state index in [-0.39, 0.29) is 23.8 Å². The van der Waals surface area contributed by atoms with Crippen LogP contribution in [0.15, 0.2) is 72.8 Å². The van der Waals surface area contributed by atoms with Crippen molar-refractivity contribution >= 4 is 40.5 Å². The van der Waals surface area contributed by atoms with Crippen molar-refractivity contribution in [2.45, 2.75) is 32.0 Å². The first-order valence-corrected chi connectivity index (χ1v) is 13.0. The second-order valence-electron chi connectivity index (χ2n) is 9.02. The molecule has 0 saturated carbocycles. The van der Waals surface area contributed by atoms with Crippen molar-refractivity contribution in [3.05, 3.63) is 83.9 Å². The molecule has 0 aliphatic carbocycles. The first-order chi connectivity index (χ1) is 19.1. The Hall–Kier alpha value is -4.12. The summed E-state index contributed by atoms with van der Waals surface area (Å²) in [6, 6.07) is 17.6. The number of halogens is 3. The summed E-state index contributed by atoms with van der Waals surface area (Å²) in [4.78, 5) is 29.3. The summed E-state index contributed by atoms with van der Waals surface area (Å²) >= 11 is 5.60. The summed E-state index contributed by atoms with van der Waals surface area (Å²) in [5.74, 6) is 0.333. The van der Waals surface area contributed by atoms with Gasteiger partial charge in [-0.15, -0.1) is 0 Å². The Morgan fingerprint density at radius 3 is 2.33 bits per heavy atom. The SMILES string of the molecule is CCOc1ccc(NC(=O)CC2C(=O)N(c3cccc(C(F)(F)F)c3)C(=S)N2CCc2ccc(OC)cc2)cc1. The molecule has 3 aromatic rings. The van der Waals surface area contributed by atoms with Crippen LogP contribution in [0.2, 0.25) is 0 Å². The van der Waals surface area contributed by atoms with Crippen molar-refractivity contribution in [1.82, 2.24) is 4.90 Å². The number of rotatable bonds is 10. The number of thiocarbonyl (C=S) groups is 1. The summed E-state index contributed by atoms with van der Waals surface area (Å²) in [6.07, 6.45) is -4.36. The smallest absolute Gasteiger partial charge is 0.416 e. The average Bonchev–Trinajstić information content (AvgIpc) is 3.16. The fraction of sp³-hybridized carbons (Fsp3) is 0.276. The average molecular weight is 572 g/mol.